The van der Waals surface area contributed by atoms with Crippen LogP contribution in [0.1, 0.15) is 26.4 Å². The topological polar surface area (TPSA) is 17.1 Å². The van der Waals surface area contributed by atoms with E-state index in [1.54, 1.807) is 11.3 Å². The Kier molecular flexibility index (Phi) is 1.97. The Hall–Kier alpha value is -1.93. The highest BCUT2D eigenvalue weighted by molar-refractivity contribution is 7.21. The molecular formula is C16H10OS. The van der Waals surface area contributed by atoms with Gasteiger partial charge in [-0.15, -0.1) is 11.3 Å². The van der Waals surface area contributed by atoms with Crippen LogP contribution >= 0.6 is 11.3 Å². The maximum Gasteiger partial charge on any atom is 0.203 e. The zero-order valence-electron chi connectivity index (χ0n) is 9.64. The number of hydrogen-bond acceptors (Lipinski definition) is 2. The lowest BCUT2D eigenvalue weighted by Crippen LogP contribution is -2.12. The molecule has 0 atom stereocenters. The average Bonchev–Trinajstić information content (AvgIpc) is 2.79. The van der Waals surface area contributed by atoms with Crippen LogP contribution in [0.3, 0.4) is 0 Å². The second-order valence-electron chi connectivity index (χ2n) is 4.57. The van der Waals surface area contributed by atoms with E-state index in [-0.39, 0.29) is 5.78 Å². The fourth-order valence-corrected chi connectivity index (χ4v) is 3.84. The molecule has 0 saturated carbocycles. The van der Waals surface area contributed by atoms with Crippen molar-refractivity contribution in [2.24, 2.45) is 0 Å². The summed E-state index contributed by atoms with van der Waals surface area (Å²) in [5.74, 6) is 0.188. The fraction of sp³-hybridized carbons (Fsp3) is 0.0625. The van der Waals surface area contributed by atoms with Gasteiger partial charge in [0.25, 0.3) is 0 Å². The number of hydrogen-bond donors (Lipinski definition) is 0. The third kappa shape index (κ3) is 1.24. The van der Waals surface area contributed by atoms with Gasteiger partial charge in [-0.3, -0.25) is 4.79 Å². The molecule has 0 N–H and O–H groups in total. The molecular weight excluding hydrogens is 240 g/mol. The number of benzene rings is 2. The van der Waals surface area contributed by atoms with Crippen LogP contribution in [0.5, 0.6) is 0 Å². The van der Waals surface area contributed by atoms with Crippen LogP contribution in [-0.4, -0.2) is 5.78 Å². The molecule has 86 valence electrons. The summed E-state index contributed by atoms with van der Waals surface area (Å²) in [4.78, 5) is 13.4. The Labute approximate surface area is 109 Å². The van der Waals surface area contributed by atoms with E-state index in [1.165, 1.54) is 15.6 Å². The second kappa shape index (κ2) is 3.53. The maximum atomic E-state index is 12.5. The van der Waals surface area contributed by atoms with E-state index in [2.05, 4.69) is 18.2 Å². The highest BCUT2D eigenvalue weighted by atomic mass is 32.1. The molecule has 0 fully saturated rings. The Morgan fingerprint density at radius 2 is 1.72 bits per heavy atom. The molecule has 2 aromatic carbocycles. The van der Waals surface area contributed by atoms with Crippen LogP contribution in [0.2, 0.25) is 0 Å². The van der Waals surface area contributed by atoms with Crippen LogP contribution < -0.4 is 0 Å². The molecule has 1 aliphatic carbocycles. The summed E-state index contributed by atoms with van der Waals surface area (Å²) >= 11 is 1.62. The molecule has 0 spiro atoms. The summed E-state index contributed by atoms with van der Waals surface area (Å²) < 4.78 is 1.21. The molecule has 0 aliphatic heterocycles. The van der Waals surface area contributed by atoms with Crippen molar-refractivity contribution in [1.29, 1.82) is 0 Å². The van der Waals surface area contributed by atoms with E-state index in [4.69, 9.17) is 0 Å². The Bertz CT molecular complexity index is 783. The standard InChI is InChI=1S/C16H10OS/c17-15-11-6-2-1-5-10(11)9-13-12-7-3-4-8-14(12)18-16(13)15/h1-8H,9H2. The predicted molar refractivity (Wildman–Crippen MR) is 74.5 cm³/mol. The van der Waals surface area contributed by atoms with Gasteiger partial charge in [0.15, 0.2) is 0 Å². The zero-order chi connectivity index (χ0) is 12.1. The van der Waals surface area contributed by atoms with Crippen molar-refractivity contribution in [3.63, 3.8) is 0 Å². The van der Waals surface area contributed by atoms with Crippen LogP contribution in [0.4, 0.5) is 0 Å². The SMILES string of the molecule is O=C1c2ccccc2Cc2c1sc1ccccc21. The van der Waals surface area contributed by atoms with Gasteiger partial charge in [-0.25, -0.2) is 0 Å². The van der Waals surface area contributed by atoms with Crippen LogP contribution in [0.15, 0.2) is 48.5 Å². The van der Waals surface area contributed by atoms with Crippen molar-refractivity contribution in [2.75, 3.05) is 0 Å². The van der Waals surface area contributed by atoms with Gasteiger partial charge < -0.3 is 0 Å². The molecule has 1 heterocycles. The minimum absolute atomic E-state index is 0.188. The summed E-state index contributed by atoms with van der Waals surface area (Å²) in [5, 5.41) is 1.24. The molecule has 1 aliphatic rings. The van der Waals surface area contributed by atoms with E-state index in [1.807, 2.05) is 30.3 Å². The molecule has 1 aromatic heterocycles. The fourth-order valence-electron chi connectivity index (χ4n) is 2.67. The van der Waals surface area contributed by atoms with E-state index < -0.39 is 0 Å². The summed E-state index contributed by atoms with van der Waals surface area (Å²) in [6.07, 6.45) is 0.876. The molecule has 0 unspecified atom stereocenters. The summed E-state index contributed by atoms with van der Waals surface area (Å²) in [6.45, 7) is 0. The van der Waals surface area contributed by atoms with Gasteiger partial charge in [0.2, 0.25) is 5.78 Å². The first-order valence-corrected chi connectivity index (χ1v) is 6.79. The van der Waals surface area contributed by atoms with E-state index in [0.717, 1.165) is 22.4 Å². The summed E-state index contributed by atoms with van der Waals surface area (Å²) in [7, 11) is 0. The van der Waals surface area contributed by atoms with E-state index in [0.29, 0.717) is 0 Å². The first-order chi connectivity index (χ1) is 8.84. The lowest BCUT2D eigenvalue weighted by atomic mass is 9.89. The van der Waals surface area contributed by atoms with Crippen molar-refractivity contribution < 1.29 is 4.79 Å². The molecule has 3 aromatic rings. The number of rotatable bonds is 0. The van der Waals surface area contributed by atoms with E-state index >= 15 is 0 Å². The van der Waals surface area contributed by atoms with Gasteiger partial charge in [-0.05, 0) is 22.6 Å². The van der Waals surface area contributed by atoms with Crippen LogP contribution in [0, 0.1) is 0 Å². The first-order valence-electron chi connectivity index (χ1n) is 5.97. The molecule has 0 saturated heterocycles. The van der Waals surface area contributed by atoms with Gasteiger partial charge in [0, 0.05) is 16.7 Å². The first kappa shape index (κ1) is 10.0. The number of carbonyl (C=O) groups excluding carboxylic acids is 1. The molecule has 18 heavy (non-hydrogen) atoms. The molecule has 0 bridgehead atoms. The Morgan fingerprint density at radius 3 is 2.67 bits per heavy atom. The minimum atomic E-state index is 0.188. The third-order valence-electron chi connectivity index (χ3n) is 3.53. The van der Waals surface area contributed by atoms with Crippen molar-refractivity contribution in [2.45, 2.75) is 6.42 Å². The van der Waals surface area contributed by atoms with Crippen LogP contribution in [0.25, 0.3) is 10.1 Å². The van der Waals surface area contributed by atoms with Gasteiger partial charge in [0.05, 0.1) is 4.88 Å². The average molecular weight is 250 g/mol. The highest BCUT2D eigenvalue weighted by Gasteiger charge is 2.26. The second-order valence-corrected chi connectivity index (χ2v) is 5.62. The van der Waals surface area contributed by atoms with E-state index in [9.17, 15) is 4.79 Å². The number of thiophene rings is 1. The van der Waals surface area contributed by atoms with Crippen molar-refractivity contribution in [1.82, 2.24) is 0 Å². The molecule has 0 radical (unpaired) electrons. The lowest BCUT2D eigenvalue weighted by molar-refractivity contribution is 0.103. The number of fused-ring (bicyclic) bond motifs is 4. The van der Waals surface area contributed by atoms with Crippen molar-refractivity contribution in [3.05, 3.63) is 70.1 Å². The summed E-state index contributed by atoms with van der Waals surface area (Å²) in [5.41, 5.74) is 3.23. The van der Waals surface area contributed by atoms with Crippen molar-refractivity contribution in [3.8, 4) is 0 Å². The largest absolute Gasteiger partial charge is 0.288 e. The van der Waals surface area contributed by atoms with Crippen LogP contribution in [-0.2, 0) is 6.42 Å². The third-order valence-corrected chi connectivity index (χ3v) is 4.75. The number of carbonyl (C=O) groups is 1. The Balaban J connectivity index is 2.05. The molecule has 1 nitrogen and oxygen atoms in total. The molecule has 0 amide bonds. The quantitative estimate of drug-likeness (QED) is 0.460. The van der Waals surface area contributed by atoms with Gasteiger partial charge in [0.1, 0.15) is 0 Å². The smallest absolute Gasteiger partial charge is 0.203 e. The predicted octanol–water partition coefficient (Wildman–Crippen LogP) is 4.04. The Morgan fingerprint density at radius 1 is 0.944 bits per heavy atom. The monoisotopic (exact) mass is 250 g/mol. The highest BCUT2D eigenvalue weighted by Crippen LogP contribution is 2.38. The maximum absolute atomic E-state index is 12.5. The molecule has 2 heteroatoms. The zero-order valence-corrected chi connectivity index (χ0v) is 10.5. The number of ketones is 1. The minimum Gasteiger partial charge on any atom is -0.288 e. The lowest BCUT2D eigenvalue weighted by Gasteiger charge is -2.14. The van der Waals surface area contributed by atoms with Crippen molar-refractivity contribution >= 4 is 27.2 Å². The normalized spacial score (nSPS) is 13.4. The molecule has 4 rings (SSSR count). The van der Waals surface area contributed by atoms with Gasteiger partial charge in [-0.2, -0.15) is 0 Å². The van der Waals surface area contributed by atoms with Gasteiger partial charge in [-0.1, -0.05) is 42.5 Å². The van der Waals surface area contributed by atoms with Gasteiger partial charge >= 0.3 is 0 Å². The summed E-state index contributed by atoms with van der Waals surface area (Å²) in [6, 6.07) is 16.2.